The zero-order valence-corrected chi connectivity index (χ0v) is 13.9. The number of quaternary nitrogens is 1. The number of rotatable bonds is 3. The molecule has 4 rings (SSSR count). The first-order valence-corrected chi connectivity index (χ1v) is 8.62. The van der Waals surface area contributed by atoms with E-state index in [1.165, 1.54) is 12.1 Å². The van der Waals surface area contributed by atoms with Crippen LogP contribution < -0.4 is 10.2 Å². The summed E-state index contributed by atoms with van der Waals surface area (Å²) >= 11 is 0. The minimum atomic E-state index is -0.931. The Bertz CT molecular complexity index is 780. The molecular formula is C17H20N3O5+. The Morgan fingerprint density at radius 3 is 3.04 bits per heavy atom. The highest BCUT2D eigenvalue weighted by Crippen LogP contribution is 2.45. The van der Waals surface area contributed by atoms with Crippen LogP contribution in [0.15, 0.2) is 18.2 Å². The summed E-state index contributed by atoms with van der Waals surface area (Å²) in [6.45, 7) is 2.84. The number of carbonyl (C=O) groups is 2. The van der Waals surface area contributed by atoms with Gasteiger partial charge >= 0.3 is 5.97 Å². The number of hydrogen-bond donors (Lipinski definition) is 2. The average Bonchev–Trinajstić information content (AvgIpc) is 3.23. The molecule has 25 heavy (non-hydrogen) atoms. The van der Waals surface area contributed by atoms with Crippen molar-refractivity contribution in [2.45, 2.75) is 37.8 Å². The van der Waals surface area contributed by atoms with E-state index in [9.17, 15) is 19.7 Å². The fourth-order valence-electron chi connectivity index (χ4n) is 4.93. The van der Waals surface area contributed by atoms with Crippen molar-refractivity contribution < 1.29 is 24.1 Å². The van der Waals surface area contributed by atoms with Gasteiger partial charge in [-0.1, -0.05) is 0 Å². The van der Waals surface area contributed by atoms with Crippen LogP contribution >= 0.6 is 0 Å². The predicted molar refractivity (Wildman–Crippen MR) is 87.0 cm³/mol. The van der Waals surface area contributed by atoms with Gasteiger partial charge < -0.3 is 15.0 Å². The molecule has 8 nitrogen and oxygen atoms in total. The third kappa shape index (κ3) is 2.10. The number of hydrogen-bond acceptors (Lipinski definition) is 5. The molecule has 2 N–H and O–H groups in total. The number of non-ortho nitro benzene ring substituents is 1. The lowest BCUT2D eigenvalue weighted by molar-refractivity contribution is -0.947. The normalized spacial score (nSPS) is 32.4. The molecule has 1 aromatic rings. The van der Waals surface area contributed by atoms with Gasteiger partial charge in [0.2, 0.25) is 5.54 Å². The van der Waals surface area contributed by atoms with Crippen molar-refractivity contribution in [1.82, 2.24) is 0 Å². The van der Waals surface area contributed by atoms with Crippen molar-refractivity contribution in [2.75, 3.05) is 18.5 Å². The summed E-state index contributed by atoms with van der Waals surface area (Å²) in [5.74, 6) is -0.791. The molecule has 1 aromatic carbocycles. The highest BCUT2D eigenvalue weighted by atomic mass is 16.6. The summed E-state index contributed by atoms with van der Waals surface area (Å²) in [5.41, 5.74) is 0.281. The lowest BCUT2D eigenvalue weighted by Crippen LogP contribution is -3.19. The number of benzene rings is 1. The first kappa shape index (κ1) is 16.0. The molecule has 1 amide bonds. The quantitative estimate of drug-likeness (QED) is 0.468. The zero-order valence-electron chi connectivity index (χ0n) is 13.9. The van der Waals surface area contributed by atoms with Crippen molar-refractivity contribution in [3.63, 3.8) is 0 Å². The summed E-state index contributed by atoms with van der Waals surface area (Å²) in [6, 6.07) is 4.49. The molecule has 0 saturated carbocycles. The maximum absolute atomic E-state index is 13.0. The highest BCUT2D eigenvalue weighted by Gasteiger charge is 2.67. The van der Waals surface area contributed by atoms with E-state index in [4.69, 9.17) is 4.74 Å². The Hall–Kier alpha value is -2.48. The largest absolute Gasteiger partial charge is 0.466 e. The van der Waals surface area contributed by atoms with Crippen LogP contribution in [0.25, 0.3) is 0 Å². The lowest BCUT2D eigenvalue weighted by Gasteiger charge is -2.29. The van der Waals surface area contributed by atoms with Crippen LogP contribution in [0.2, 0.25) is 0 Å². The number of ether oxygens (including phenoxy) is 1. The number of fused-ring (bicyclic) bond motifs is 4. The van der Waals surface area contributed by atoms with E-state index in [1.54, 1.807) is 13.0 Å². The Kier molecular flexibility index (Phi) is 3.54. The number of nitrogens with one attached hydrogen (secondary N) is 2. The van der Waals surface area contributed by atoms with Crippen molar-refractivity contribution in [3.8, 4) is 0 Å². The number of carbonyl (C=O) groups excluding carboxylic acids is 2. The van der Waals surface area contributed by atoms with E-state index < -0.39 is 10.5 Å². The van der Waals surface area contributed by atoms with Crippen LogP contribution in [-0.2, 0) is 19.9 Å². The Morgan fingerprint density at radius 2 is 2.32 bits per heavy atom. The van der Waals surface area contributed by atoms with E-state index in [1.807, 2.05) is 0 Å². The maximum atomic E-state index is 13.0. The van der Waals surface area contributed by atoms with E-state index in [2.05, 4.69) is 5.32 Å². The molecule has 0 bridgehead atoms. The SMILES string of the molecule is CCOC(=O)[C@@H]1C[C@]2(C(=O)Nc3ccc([N+](=O)[O-])cc32)[NH+]2CCC[C@@H]12. The van der Waals surface area contributed by atoms with Crippen LogP contribution in [0.4, 0.5) is 11.4 Å². The topological polar surface area (TPSA) is 103 Å². The molecule has 4 atom stereocenters. The van der Waals surface area contributed by atoms with Crippen molar-refractivity contribution in [2.24, 2.45) is 5.92 Å². The molecule has 0 aromatic heterocycles. The summed E-state index contributed by atoms with van der Waals surface area (Å²) in [4.78, 5) is 37.2. The summed E-state index contributed by atoms with van der Waals surface area (Å²) in [6.07, 6.45) is 2.12. The van der Waals surface area contributed by atoms with Crippen LogP contribution in [0.3, 0.4) is 0 Å². The molecule has 1 unspecified atom stereocenters. The van der Waals surface area contributed by atoms with E-state index in [0.717, 1.165) is 24.3 Å². The fourth-order valence-corrected chi connectivity index (χ4v) is 4.93. The summed E-state index contributed by atoms with van der Waals surface area (Å²) in [5, 5.41) is 14.1. The first-order valence-electron chi connectivity index (χ1n) is 8.62. The standard InChI is InChI=1S/C17H19N3O5/c1-2-25-15(21)11-9-17(19-7-3-4-14(11)19)12-8-10(20(23)24)5-6-13(12)18-16(17)22/h5-6,8,11,14H,2-4,7,9H2,1H3,(H,18,22)/p+1/t11-,14+,17+/m1/s1. The second-order valence-corrected chi connectivity index (χ2v) is 6.93. The third-order valence-electron chi connectivity index (χ3n) is 5.87. The fraction of sp³-hybridized carbons (Fsp3) is 0.529. The van der Waals surface area contributed by atoms with Gasteiger partial charge in [-0.3, -0.25) is 19.7 Å². The first-order chi connectivity index (χ1) is 12.0. The predicted octanol–water partition coefficient (Wildman–Crippen LogP) is 0.373. The molecular weight excluding hydrogens is 326 g/mol. The molecule has 3 aliphatic heterocycles. The second-order valence-electron chi connectivity index (χ2n) is 6.93. The number of nitro benzene ring substituents is 1. The van der Waals surface area contributed by atoms with Gasteiger partial charge in [-0.05, 0) is 13.0 Å². The molecule has 3 aliphatic rings. The molecule has 1 spiro atoms. The van der Waals surface area contributed by atoms with Gasteiger partial charge in [-0.15, -0.1) is 0 Å². The van der Waals surface area contributed by atoms with E-state index >= 15 is 0 Å². The minimum absolute atomic E-state index is 0.0232. The Labute approximate surface area is 144 Å². The van der Waals surface area contributed by atoms with Gasteiger partial charge in [0, 0.05) is 31.4 Å². The summed E-state index contributed by atoms with van der Waals surface area (Å²) < 4.78 is 5.23. The number of amides is 1. The van der Waals surface area contributed by atoms with Crippen molar-refractivity contribution >= 4 is 23.3 Å². The van der Waals surface area contributed by atoms with Crippen LogP contribution in [-0.4, -0.2) is 36.0 Å². The van der Waals surface area contributed by atoms with Gasteiger partial charge in [-0.2, -0.15) is 0 Å². The molecule has 8 heteroatoms. The Morgan fingerprint density at radius 1 is 1.52 bits per heavy atom. The average molecular weight is 346 g/mol. The molecule has 0 radical (unpaired) electrons. The maximum Gasteiger partial charge on any atom is 0.315 e. The molecule has 0 aliphatic carbocycles. The zero-order chi connectivity index (χ0) is 17.8. The van der Waals surface area contributed by atoms with Crippen LogP contribution in [0, 0.1) is 16.0 Å². The molecule has 3 heterocycles. The van der Waals surface area contributed by atoms with Gasteiger partial charge in [-0.25, -0.2) is 0 Å². The number of anilines is 1. The van der Waals surface area contributed by atoms with Crippen LogP contribution in [0.5, 0.6) is 0 Å². The molecule has 2 saturated heterocycles. The van der Waals surface area contributed by atoms with Gasteiger partial charge in [0.1, 0.15) is 12.0 Å². The number of esters is 1. The number of nitrogens with zero attached hydrogens (tertiary/aromatic N) is 1. The summed E-state index contributed by atoms with van der Waals surface area (Å²) in [7, 11) is 0. The molecule has 2 fully saturated rings. The van der Waals surface area contributed by atoms with Gasteiger partial charge in [0.25, 0.3) is 11.6 Å². The molecule has 132 valence electrons. The van der Waals surface area contributed by atoms with Crippen LogP contribution in [0.1, 0.15) is 31.7 Å². The minimum Gasteiger partial charge on any atom is -0.466 e. The van der Waals surface area contributed by atoms with E-state index in [0.29, 0.717) is 24.3 Å². The van der Waals surface area contributed by atoms with Gasteiger partial charge in [0.15, 0.2) is 0 Å². The van der Waals surface area contributed by atoms with Crippen molar-refractivity contribution in [3.05, 3.63) is 33.9 Å². The smallest absolute Gasteiger partial charge is 0.315 e. The highest BCUT2D eigenvalue weighted by molar-refractivity contribution is 6.05. The number of nitro groups is 1. The monoisotopic (exact) mass is 346 g/mol. The third-order valence-corrected chi connectivity index (χ3v) is 5.87. The van der Waals surface area contributed by atoms with Crippen molar-refractivity contribution in [1.29, 1.82) is 0 Å². The van der Waals surface area contributed by atoms with E-state index in [-0.39, 0.29) is 29.5 Å². The lowest BCUT2D eigenvalue weighted by atomic mass is 9.84. The second kappa shape index (κ2) is 5.52. The van der Waals surface area contributed by atoms with Gasteiger partial charge in [0.05, 0.1) is 29.3 Å². The Balaban J connectivity index is 1.82.